The molecule has 3 rings (SSSR count). The highest BCUT2D eigenvalue weighted by atomic mass is 19.1. The van der Waals surface area contributed by atoms with Crippen LogP contribution in [0.5, 0.6) is 0 Å². The first-order valence-corrected chi connectivity index (χ1v) is 9.40. The Kier molecular flexibility index (Phi) is 6.97. The molecule has 1 aliphatic rings. The number of hydrogen-bond donors (Lipinski definition) is 1. The summed E-state index contributed by atoms with van der Waals surface area (Å²) in [7, 11) is 0. The van der Waals surface area contributed by atoms with Gasteiger partial charge >= 0.3 is 5.97 Å². The number of amides is 1. The van der Waals surface area contributed by atoms with E-state index in [2.05, 4.69) is 10.2 Å². The maximum atomic E-state index is 13.5. The molecule has 2 aromatic carbocycles. The van der Waals surface area contributed by atoms with Gasteiger partial charge in [-0.1, -0.05) is 18.2 Å². The minimum atomic E-state index is -0.994. The third-order valence-corrected chi connectivity index (χ3v) is 4.48. The van der Waals surface area contributed by atoms with Crippen LogP contribution in [0.1, 0.15) is 12.5 Å². The van der Waals surface area contributed by atoms with Crippen molar-refractivity contribution >= 4 is 29.3 Å². The van der Waals surface area contributed by atoms with Gasteiger partial charge in [0, 0.05) is 36.1 Å². The number of rotatable bonds is 6. The fourth-order valence-corrected chi connectivity index (χ4v) is 2.86. The molecular formula is C22H23FN2O4. The smallest absolute Gasteiger partial charge is 0.331 e. The average molecular weight is 398 g/mol. The largest absolute Gasteiger partial charge is 0.449 e. The molecule has 0 aliphatic carbocycles. The first-order chi connectivity index (χ1) is 14.0. The van der Waals surface area contributed by atoms with Crippen molar-refractivity contribution in [3.63, 3.8) is 0 Å². The van der Waals surface area contributed by atoms with Gasteiger partial charge in [-0.2, -0.15) is 0 Å². The topological polar surface area (TPSA) is 67.9 Å². The van der Waals surface area contributed by atoms with Crippen molar-refractivity contribution in [3.05, 3.63) is 66.0 Å². The number of morpholine rings is 1. The fourth-order valence-electron chi connectivity index (χ4n) is 2.86. The maximum absolute atomic E-state index is 13.5. The van der Waals surface area contributed by atoms with Gasteiger partial charge in [-0.3, -0.25) is 4.79 Å². The number of hydrogen-bond acceptors (Lipinski definition) is 5. The molecule has 1 fully saturated rings. The lowest BCUT2D eigenvalue weighted by atomic mass is 10.2. The molecule has 1 amide bonds. The van der Waals surface area contributed by atoms with Crippen LogP contribution in [0.3, 0.4) is 0 Å². The third kappa shape index (κ3) is 5.89. The highest BCUT2D eigenvalue weighted by molar-refractivity contribution is 5.96. The number of nitrogens with zero attached hydrogens (tertiary/aromatic N) is 1. The molecule has 1 N–H and O–H groups in total. The first-order valence-electron chi connectivity index (χ1n) is 9.40. The number of carbonyl (C=O) groups is 2. The molecule has 1 unspecified atom stereocenters. The summed E-state index contributed by atoms with van der Waals surface area (Å²) >= 11 is 0. The summed E-state index contributed by atoms with van der Waals surface area (Å²) in [6, 6.07) is 13.5. The van der Waals surface area contributed by atoms with E-state index in [0.717, 1.165) is 24.9 Å². The Morgan fingerprint density at radius 1 is 1.14 bits per heavy atom. The van der Waals surface area contributed by atoms with Crippen molar-refractivity contribution in [2.45, 2.75) is 13.0 Å². The maximum Gasteiger partial charge on any atom is 0.331 e. The minimum Gasteiger partial charge on any atom is -0.449 e. The van der Waals surface area contributed by atoms with Gasteiger partial charge in [0.2, 0.25) is 0 Å². The van der Waals surface area contributed by atoms with Gasteiger partial charge in [0.15, 0.2) is 6.10 Å². The second-order valence-corrected chi connectivity index (χ2v) is 6.57. The van der Waals surface area contributed by atoms with Crippen molar-refractivity contribution in [1.29, 1.82) is 0 Å². The summed E-state index contributed by atoms with van der Waals surface area (Å²) in [5.74, 6) is -1.61. The van der Waals surface area contributed by atoms with Crippen molar-refractivity contribution < 1.29 is 23.5 Å². The molecule has 0 saturated carbocycles. The van der Waals surface area contributed by atoms with Crippen LogP contribution in [0.4, 0.5) is 15.8 Å². The highest BCUT2D eigenvalue weighted by Gasteiger charge is 2.17. The van der Waals surface area contributed by atoms with E-state index in [9.17, 15) is 14.0 Å². The molecule has 0 aromatic heterocycles. The molecule has 1 atom stereocenters. The average Bonchev–Trinajstić information content (AvgIpc) is 2.74. The first kappa shape index (κ1) is 20.5. The second-order valence-electron chi connectivity index (χ2n) is 6.57. The van der Waals surface area contributed by atoms with E-state index in [1.54, 1.807) is 24.3 Å². The number of benzene rings is 2. The summed E-state index contributed by atoms with van der Waals surface area (Å²) in [4.78, 5) is 26.4. The van der Waals surface area contributed by atoms with Crippen LogP contribution in [0.2, 0.25) is 0 Å². The molecule has 0 bridgehead atoms. The molecule has 0 spiro atoms. The number of nitrogens with one attached hydrogen (secondary N) is 1. The molecule has 0 radical (unpaired) electrons. The predicted octanol–water partition coefficient (Wildman–Crippen LogP) is 3.25. The summed E-state index contributed by atoms with van der Waals surface area (Å²) < 4.78 is 24.0. The Morgan fingerprint density at radius 3 is 2.52 bits per heavy atom. The van der Waals surface area contributed by atoms with Crippen LogP contribution in [-0.4, -0.2) is 44.3 Å². The Hall–Kier alpha value is -3.19. The molecule has 7 heteroatoms. The summed E-state index contributed by atoms with van der Waals surface area (Å²) in [6.45, 7) is 4.55. The minimum absolute atomic E-state index is 0.266. The normalized spacial score (nSPS) is 15.2. The van der Waals surface area contributed by atoms with Crippen LogP contribution in [-0.2, 0) is 19.1 Å². The highest BCUT2D eigenvalue weighted by Crippen LogP contribution is 2.19. The molecule has 1 aliphatic heterocycles. The third-order valence-electron chi connectivity index (χ3n) is 4.48. The lowest BCUT2D eigenvalue weighted by Gasteiger charge is -2.28. The zero-order valence-corrected chi connectivity index (χ0v) is 16.1. The van der Waals surface area contributed by atoms with Crippen LogP contribution >= 0.6 is 0 Å². The van der Waals surface area contributed by atoms with Crippen LogP contribution in [0, 0.1) is 5.82 Å². The van der Waals surface area contributed by atoms with Gasteiger partial charge in [-0.05, 0) is 43.3 Å². The Balaban J connectivity index is 1.50. The van der Waals surface area contributed by atoms with E-state index in [0.29, 0.717) is 18.9 Å². The zero-order chi connectivity index (χ0) is 20.6. The molecule has 152 valence electrons. The lowest BCUT2D eigenvalue weighted by Crippen LogP contribution is -2.36. The van der Waals surface area contributed by atoms with Crippen LogP contribution < -0.4 is 10.2 Å². The van der Waals surface area contributed by atoms with E-state index in [-0.39, 0.29) is 5.56 Å². The van der Waals surface area contributed by atoms with E-state index >= 15 is 0 Å². The molecule has 2 aromatic rings. The van der Waals surface area contributed by atoms with E-state index in [4.69, 9.17) is 9.47 Å². The Labute approximate surface area is 168 Å². The number of esters is 1. The number of anilines is 2. The molecule has 1 heterocycles. The van der Waals surface area contributed by atoms with Crippen molar-refractivity contribution in [1.82, 2.24) is 0 Å². The zero-order valence-electron chi connectivity index (χ0n) is 16.1. The van der Waals surface area contributed by atoms with Crippen molar-refractivity contribution in [3.8, 4) is 0 Å². The number of carbonyl (C=O) groups excluding carboxylic acids is 2. The van der Waals surface area contributed by atoms with Crippen LogP contribution in [0.15, 0.2) is 54.6 Å². The standard InChI is InChI=1S/C22H23FN2O4/c1-16(29-21(26)11-6-17-4-2-3-5-20(17)23)22(27)24-18-7-9-19(10-8-18)25-12-14-28-15-13-25/h2-11,16H,12-15H2,1H3,(H,24,27)/b11-6+. The molecule has 6 nitrogen and oxygen atoms in total. The number of ether oxygens (including phenoxy) is 2. The Bertz CT molecular complexity index is 877. The fraction of sp³-hybridized carbons (Fsp3) is 0.273. The van der Waals surface area contributed by atoms with Gasteiger partial charge < -0.3 is 19.7 Å². The van der Waals surface area contributed by atoms with Gasteiger partial charge in [0.1, 0.15) is 5.82 Å². The van der Waals surface area contributed by atoms with Crippen molar-refractivity contribution in [2.75, 3.05) is 36.5 Å². The van der Waals surface area contributed by atoms with Gasteiger partial charge in [-0.15, -0.1) is 0 Å². The van der Waals surface area contributed by atoms with Gasteiger partial charge in [0.25, 0.3) is 5.91 Å². The molecular weight excluding hydrogens is 375 g/mol. The summed E-state index contributed by atoms with van der Waals surface area (Å²) in [6.07, 6.45) is 1.41. The van der Waals surface area contributed by atoms with E-state index in [1.165, 1.54) is 25.1 Å². The SMILES string of the molecule is CC(OC(=O)/C=C/c1ccccc1F)C(=O)Nc1ccc(N2CCOCC2)cc1. The Morgan fingerprint density at radius 2 is 1.83 bits per heavy atom. The molecule has 29 heavy (non-hydrogen) atoms. The monoisotopic (exact) mass is 398 g/mol. The molecule has 1 saturated heterocycles. The van der Waals surface area contributed by atoms with Gasteiger partial charge in [0.05, 0.1) is 13.2 Å². The quantitative estimate of drug-likeness (QED) is 0.598. The van der Waals surface area contributed by atoms with Crippen LogP contribution in [0.25, 0.3) is 6.08 Å². The van der Waals surface area contributed by atoms with Crippen molar-refractivity contribution in [2.24, 2.45) is 0 Å². The van der Waals surface area contributed by atoms with E-state index < -0.39 is 23.8 Å². The van der Waals surface area contributed by atoms with E-state index in [1.807, 2.05) is 12.1 Å². The van der Waals surface area contributed by atoms with Gasteiger partial charge in [-0.25, -0.2) is 9.18 Å². The lowest BCUT2D eigenvalue weighted by molar-refractivity contribution is -0.148. The summed E-state index contributed by atoms with van der Waals surface area (Å²) in [5, 5.41) is 2.72. The summed E-state index contributed by atoms with van der Waals surface area (Å²) in [5.41, 5.74) is 1.93. The number of halogens is 1. The second kappa shape index (κ2) is 9.84. The predicted molar refractivity (Wildman–Crippen MR) is 109 cm³/mol.